The Hall–Kier alpha value is -1.36. The van der Waals surface area contributed by atoms with Crippen molar-refractivity contribution in [1.82, 2.24) is 9.97 Å². The quantitative estimate of drug-likeness (QED) is 0.715. The number of nitrogens with zero attached hydrogens (tertiary/aromatic N) is 2. The minimum Gasteiger partial charge on any atom is -0.396 e. The van der Waals surface area contributed by atoms with E-state index in [0.717, 1.165) is 44.0 Å². The van der Waals surface area contributed by atoms with E-state index in [1.165, 1.54) is 19.3 Å². The molecule has 1 saturated carbocycles. The summed E-state index contributed by atoms with van der Waals surface area (Å²) in [6.45, 7) is 4.08. The van der Waals surface area contributed by atoms with Crippen LogP contribution >= 0.6 is 0 Å². The van der Waals surface area contributed by atoms with Gasteiger partial charge in [-0.25, -0.2) is 9.97 Å². The number of anilines is 2. The van der Waals surface area contributed by atoms with E-state index in [1.54, 1.807) is 6.33 Å². The SMILES string of the molecule is CCCNc1cc(NCC2(CO)CCCCC2)ncn1. The molecule has 0 aliphatic heterocycles. The largest absolute Gasteiger partial charge is 0.396 e. The van der Waals surface area contributed by atoms with Crippen LogP contribution in [0.3, 0.4) is 0 Å². The maximum absolute atomic E-state index is 9.71. The van der Waals surface area contributed by atoms with Gasteiger partial charge in [0.2, 0.25) is 0 Å². The highest BCUT2D eigenvalue weighted by atomic mass is 16.3. The van der Waals surface area contributed by atoms with Crippen LogP contribution in [-0.2, 0) is 0 Å². The molecule has 0 amide bonds. The second kappa shape index (κ2) is 7.43. The Kier molecular flexibility index (Phi) is 5.59. The first kappa shape index (κ1) is 15.0. The molecule has 1 aromatic heterocycles. The van der Waals surface area contributed by atoms with E-state index < -0.39 is 0 Å². The van der Waals surface area contributed by atoms with Crippen LogP contribution in [0.1, 0.15) is 45.4 Å². The average Bonchev–Trinajstić information content (AvgIpc) is 2.52. The number of hydrogen-bond donors (Lipinski definition) is 3. The lowest BCUT2D eigenvalue weighted by atomic mass is 9.74. The summed E-state index contributed by atoms with van der Waals surface area (Å²) in [5.74, 6) is 1.68. The normalized spacial score (nSPS) is 17.7. The van der Waals surface area contributed by atoms with Gasteiger partial charge in [0.25, 0.3) is 0 Å². The first-order chi connectivity index (χ1) is 9.78. The van der Waals surface area contributed by atoms with Crippen LogP contribution in [0.2, 0.25) is 0 Å². The molecule has 1 aliphatic rings. The van der Waals surface area contributed by atoms with Crippen molar-refractivity contribution in [3.63, 3.8) is 0 Å². The van der Waals surface area contributed by atoms with E-state index in [9.17, 15) is 5.11 Å². The summed E-state index contributed by atoms with van der Waals surface area (Å²) in [4.78, 5) is 8.45. The summed E-state index contributed by atoms with van der Waals surface area (Å²) < 4.78 is 0. The zero-order valence-electron chi connectivity index (χ0n) is 12.4. The Labute approximate surface area is 121 Å². The Morgan fingerprint density at radius 3 is 2.50 bits per heavy atom. The number of hydrogen-bond acceptors (Lipinski definition) is 5. The van der Waals surface area contributed by atoms with E-state index in [1.807, 2.05) is 6.07 Å². The molecule has 0 bridgehead atoms. The number of rotatable bonds is 7. The van der Waals surface area contributed by atoms with Crippen LogP contribution in [0.25, 0.3) is 0 Å². The minimum absolute atomic E-state index is 0.0280. The smallest absolute Gasteiger partial charge is 0.131 e. The van der Waals surface area contributed by atoms with Gasteiger partial charge in [-0.05, 0) is 19.3 Å². The molecular formula is C15H26N4O. The molecule has 0 radical (unpaired) electrons. The number of aliphatic hydroxyl groups excluding tert-OH is 1. The maximum atomic E-state index is 9.71. The fraction of sp³-hybridized carbons (Fsp3) is 0.733. The summed E-state index contributed by atoms with van der Waals surface area (Å²) in [7, 11) is 0. The summed E-state index contributed by atoms with van der Waals surface area (Å²) in [5, 5.41) is 16.3. The van der Waals surface area contributed by atoms with Crippen molar-refractivity contribution >= 4 is 11.6 Å². The second-order valence-corrected chi connectivity index (χ2v) is 5.79. The predicted molar refractivity (Wildman–Crippen MR) is 81.9 cm³/mol. The Balaban J connectivity index is 1.92. The lowest BCUT2D eigenvalue weighted by Gasteiger charge is -2.35. The molecule has 1 fully saturated rings. The van der Waals surface area contributed by atoms with Crippen LogP contribution in [0.4, 0.5) is 11.6 Å². The van der Waals surface area contributed by atoms with E-state index in [4.69, 9.17) is 0 Å². The van der Waals surface area contributed by atoms with Crippen molar-refractivity contribution < 1.29 is 5.11 Å². The van der Waals surface area contributed by atoms with Crippen molar-refractivity contribution in [3.8, 4) is 0 Å². The van der Waals surface area contributed by atoms with E-state index in [-0.39, 0.29) is 12.0 Å². The van der Waals surface area contributed by atoms with Gasteiger partial charge in [-0.1, -0.05) is 26.2 Å². The molecular weight excluding hydrogens is 252 g/mol. The molecule has 0 spiro atoms. The van der Waals surface area contributed by atoms with Gasteiger partial charge in [0, 0.05) is 24.6 Å². The third kappa shape index (κ3) is 4.07. The molecule has 0 unspecified atom stereocenters. The van der Waals surface area contributed by atoms with Gasteiger partial charge < -0.3 is 15.7 Å². The molecule has 0 atom stereocenters. The maximum Gasteiger partial charge on any atom is 0.131 e. The predicted octanol–water partition coefficient (Wildman–Crippen LogP) is 2.65. The van der Waals surface area contributed by atoms with Gasteiger partial charge in [-0.3, -0.25) is 0 Å². The zero-order chi connectivity index (χ0) is 14.3. The summed E-state index contributed by atoms with van der Waals surface area (Å²) in [5.41, 5.74) is 0.0280. The third-order valence-electron chi connectivity index (χ3n) is 4.12. The molecule has 1 aliphatic carbocycles. The molecule has 0 saturated heterocycles. The third-order valence-corrected chi connectivity index (χ3v) is 4.12. The lowest BCUT2D eigenvalue weighted by Crippen LogP contribution is -2.35. The van der Waals surface area contributed by atoms with E-state index in [0.29, 0.717) is 0 Å². The van der Waals surface area contributed by atoms with Crippen LogP contribution in [0.15, 0.2) is 12.4 Å². The van der Waals surface area contributed by atoms with Crippen molar-refractivity contribution in [2.75, 3.05) is 30.3 Å². The minimum atomic E-state index is 0.0280. The van der Waals surface area contributed by atoms with Gasteiger partial charge in [0.15, 0.2) is 0 Å². The molecule has 3 N–H and O–H groups in total. The average molecular weight is 278 g/mol. The second-order valence-electron chi connectivity index (χ2n) is 5.79. The van der Waals surface area contributed by atoms with E-state index >= 15 is 0 Å². The van der Waals surface area contributed by atoms with Crippen LogP contribution in [0, 0.1) is 5.41 Å². The van der Waals surface area contributed by atoms with Gasteiger partial charge in [0.05, 0.1) is 6.61 Å². The molecule has 112 valence electrons. The van der Waals surface area contributed by atoms with Gasteiger partial charge in [0.1, 0.15) is 18.0 Å². The Bertz CT molecular complexity index is 405. The molecule has 2 rings (SSSR count). The molecule has 0 aromatic carbocycles. The Morgan fingerprint density at radius 1 is 1.15 bits per heavy atom. The van der Waals surface area contributed by atoms with Gasteiger partial charge >= 0.3 is 0 Å². The summed E-state index contributed by atoms with van der Waals surface area (Å²) in [6, 6.07) is 1.93. The van der Waals surface area contributed by atoms with Crippen LogP contribution in [-0.4, -0.2) is 34.8 Å². The van der Waals surface area contributed by atoms with Crippen LogP contribution in [0.5, 0.6) is 0 Å². The number of aliphatic hydroxyl groups is 1. The van der Waals surface area contributed by atoms with Crippen molar-refractivity contribution in [3.05, 3.63) is 12.4 Å². The number of aromatic nitrogens is 2. The molecule has 20 heavy (non-hydrogen) atoms. The highest BCUT2D eigenvalue weighted by molar-refractivity contribution is 5.46. The highest BCUT2D eigenvalue weighted by Crippen LogP contribution is 2.35. The standard InChI is InChI=1S/C15H26N4O/c1-2-8-16-13-9-14(19-12-18-13)17-10-15(11-20)6-4-3-5-7-15/h9,12,20H,2-8,10-11H2,1H3,(H2,16,17,18,19). The molecule has 1 aromatic rings. The number of nitrogens with one attached hydrogen (secondary N) is 2. The van der Waals surface area contributed by atoms with Gasteiger partial charge in [-0.2, -0.15) is 0 Å². The molecule has 1 heterocycles. The van der Waals surface area contributed by atoms with Crippen molar-refractivity contribution in [1.29, 1.82) is 0 Å². The van der Waals surface area contributed by atoms with Crippen LogP contribution < -0.4 is 10.6 Å². The van der Waals surface area contributed by atoms with Crippen molar-refractivity contribution in [2.45, 2.75) is 45.4 Å². The summed E-state index contributed by atoms with van der Waals surface area (Å²) >= 11 is 0. The zero-order valence-corrected chi connectivity index (χ0v) is 12.4. The fourth-order valence-electron chi connectivity index (χ4n) is 2.77. The first-order valence-electron chi connectivity index (χ1n) is 7.69. The first-order valence-corrected chi connectivity index (χ1v) is 7.69. The van der Waals surface area contributed by atoms with E-state index in [2.05, 4.69) is 27.5 Å². The monoisotopic (exact) mass is 278 g/mol. The highest BCUT2D eigenvalue weighted by Gasteiger charge is 2.31. The molecule has 5 heteroatoms. The fourth-order valence-corrected chi connectivity index (χ4v) is 2.77. The topological polar surface area (TPSA) is 70.1 Å². The summed E-state index contributed by atoms with van der Waals surface area (Å²) in [6.07, 6.45) is 8.57. The Morgan fingerprint density at radius 2 is 1.85 bits per heavy atom. The molecule has 5 nitrogen and oxygen atoms in total. The van der Waals surface area contributed by atoms with Crippen molar-refractivity contribution in [2.24, 2.45) is 5.41 Å². The van der Waals surface area contributed by atoms with Gasteiger partial charge in [-0.15, -0.1) is 0 Å². The lowest BCUT2D eigenvalue weighted by molar-refractivity contribution is 0.0943.